The van der Waals surface area contributed by atoms with Gasteiger partial charge in [0.1, 0.15) is 99.5 Å². The largest absolute Gasteiger partial charge is 0.486 e. The van der Waals surface area contributed by atoms with Gasteiger partial charge in [-0.3, -0.25) is 19.3 Å². The smallest absolute Gasteiger partial charge is 0.328 e. The van der Waals surface area contributed by atoms with Crippen LogP contribution in [0.1, 0.15) is 133 Å². The number of carboxylic acids is 2. The lowest BCUT2D eigenvalue weighted by Gasteiger charge is -2.22. The summed E-state index contributed by atoms with van der Waals surface area (Å²) < 4.78 is 160. The Morgan fingerprint density at radius 3 is 1.07 bits per heavy atom. The molecule has 12 aromatic rings. The lowest BCUT2D eigenvalue weighted by Crippen LogP contribution is -2.32. The molecule has 0 saturated carbocycles. The number of carbonyl (C=O) groups is 4. The van der Waals surface area contributed by atoms with Crippen LogP contribution >= 0.6 is 50.7 Å². The summed E-state index contributed by atoms with van der Waals surface area (Å²) in [6.07, 6.45) is 6.58. The van der Waals surface area contributed by atoms with Crippen molar-refractivity contribution in [2.45, 2.75) is 87.3 Å². The maximum atomic E-state index is 13.7. The van der Waals surface area contributed by atoms with Crippen molar-refractivity contribution in [1.29, 1.82) is 0 Å². The number of benzene rings is 12. The first-order valence-corrected chi connectivity index (χ1v) is 41.7. The van der Waals surface area contributed by atoms with Crippen molar-refractivity contribution < 1.29 is 97.0 Å². The molecule has 0 fully saturated rings. The lowest BCUT2D eigenvalue weighted by atomic mass is 10.1. The van der Waals surface area contributed by atoms with E-state index in [-0.39, 0.29) is 107 Å². The average molecular weight is 1850 g/mol. The van der Waals surface area contributed by atoms with Crippen LogP contribution in [0.4, 0.5) is 48.3 Å². The van der Waals surface area contributed by atoms with Gasteiger partial charge in [0.15, 0.2) is 0 Å². The summed E-state index contributed by atoms with van der Waals surface area (Å²) in [6.45, 7) is 0.649. The average Bonchev–Trinajstić information content (AvgIpc) is 1.64. The van der Waals surface area contributed by atoms with E-state index in [2.05, 4.69) is 15.9 Å². The zero-order valence-electron chi connectivity index (χ0n) is 67.4. The fourth-order valence-electron chi connectivity index (χ4n) is 11.7. The number of ether oxygens (including phenoxy) is 3. The van der Waals surface area contributed by atoms with Gasteiger partial charge in [0.05, 0.1) is 11.1 Å². The molecule has 27 heteroatoms. The predicted octanol–water partition coefficient (Wildman–Crippen LogP) is 25.3. The number of halogens is 15. The Hall–Kier alpha value is -11.6. The van der Waals surface area contributed by atoms with Crippen molar-refractivity contribution in [2.75, 3.05) is 37.3 Å². The second kappa shape index (κ2) is 57.0. The fourth-order valence-corrected chi connectivity index (χ4v) is 13.0. The third-order valence-corrected chi connectivity index (χ3v) is 19.2. The number of alkyl halides is 4. The zero-order chi connectivity index (χ0) is 90.8. The van der Waals surface area contributed by atoms with Crippen LogP contribution < -0.4 is 19.9 Å². The molecule has 1 aliphatic heterocycles. The molecule has 0 radical (unpaired) electrons. The van der Waals surface area contributed by atoms with Gasteiger partial charge in [0, 0.05) is 85.6 Å². The number of amides is 2. The zero-order valence-corrected chi connectivity index (χ0v) is 71.2. The number of hydrogen-bond acceptors (Lipinski definition) is 9. The molecule has 5 N–H and O–H groups in total. The molecule has 13 rings (SSSR count). The van der Waals surface area contributed by atoms with Crippen LogP contribution in [0.3, 0.4) is 0 Å². The van der Waals surface area contributed by atoms with Gasteiger partial charge >= 0.3 is 11.9 Å². The Labute approximate surface area is 742 Å². The molecule has 0 bridgehead atoms. The summed E-state index contributed by atoms with van der Waals surface area (Å²) >= 11 is 20.2. The monoisotopic (exact) mass is 1850 g/mol. The summed E-state index contributed by atoms with van der Waals surface area (Å²) in [7, 11) is 0. The van der Waals surface area contributed by atoms with Crippen LogP contribution in [-0.4, -0.2) is 81.3 Å². The van der Waals surface area contributed by atoms with Gasteiger partial charge in [-0.05, 0) is 241 Å². The molecule has 0 saturated heterocycles. The number of aliphatic hydroxyl groups is 1. The van der Waals surface area contributed by atoms with E-state index in [9.17, 15) is 67.5 Å². The van der Waals surface area contributed by atoms with Crippen molar-refractivity contribution in [2.24, 2.45) is 5.73 Å². The fraction of sp³-hybridized carbons (Fsp3) is 0.204. The standard InChI is InChI=1S/C23H17F2NO3.C15H13ClF2O.C15H15F2NO.C9H9BrClF.C9H10ClF.C9H9FO2.C9H7FO2.C9H11FO/c24-16-6-3-5-15(13-16)21(29-18-8-4-7-17(25)14-18)11-12-26-22(27)19-9-1-2-10-20(19)23(26)28;16-8-7-15(11-3-1-4-12(17)9-11)19-14-6-2-5-13(18)10-14;16-12-4-1-3-11(9-12)15(7-8-18)19-14-6-2-5-13(17)10-14;10-9(4-5-11)7-2-1-3-8(12)6-7;10-6-2-4-8-3-1-5-9(11)7-8;2*10-8-3-1-2-7(6-8)4-5-9(11)12;10-9-5-1-3-8(7-9)4-2-6-11/h1-10,13-14,21H,11-12H2;1-6,9-10,15H,7-8H2;1-6,9-10,15H,7-8,18H2;1-3,6,9H,4-5H2;1,3,5,7H,2,4,6H2;1-3,6H,4-5H2,(H,11,12);1-6H,(H,11,12);1,3,5,7,11H,2,4,6H2/b;;;;;;5-4+;. The van der Waals surface area contributed by atoms with Crippen molar-refractivity contribution in [3.05, 3.63) is 417 Å². The highest BCUT2D eigenvalue weighted by atomic mass is 79.9. The highest BCUT2D eigenvalue weighted by Gasteiger charge is 2.35. The van der Waals surface area contributed by atoms with E-state index in [1.165, 1.54) is 146 Å². The summed E-state index contributed by atoms with van der Waals surface area (Å²) in [6, 6.07) is 73.5. The highest BCUT2D eigenvalue weighted by molar-refractivity contribution is 9.09. The first kappa shape index (κ1) is 102. The van der Waals surface area contributed by atoms with E-state index in [0.29, 0.717) is 94.7 Å². The number of aliphatic hydroxyl groups excluding tert-OH is 1. The SMILES string of the molecule is Fc1cccc(C(Br)CCCl)c1.Fc1cccc(CCCCl)c1.Fc1cccc(OC(CCCl)c2cccc(F)c2)c1.NCCC(Oc1cccc(F)c1)c1cccc(F)c1.O=C(O)/C=C/c1cccc(F)c1.O=C(O)CCc1cccc(F)c1.O=C1c2ccccc2C(=O)N1CCC(Oc1cccc(F)c1)c1cccc(F)c1.OCCCc1cccc(F)c1. The minimum absolute atomic E-state index is 0.0451. The third kappa shape index (κ3) is 39.8. The maximum absolute atomic E-state index is 13.7. The first-order valence-electron chi connectivity index (χ1n) is 39.1. The van der Waals surface area contributed by atoms with Crippen molar-refractivity contribution >= 4 is 80.6 Å². The van der Waals surface area contributed by atoms with Gasteiger partial charge in [-0.1, -0.05) is 143 Å². The summed E-state index contributed by atoms with van der Waals surface area (Å²) in [4.78, 5) is 46.7. The molecule has 0 aliphatic carbocycles. The van der Waals surface area contributed by atoms with Gasteiger partial charge in [-0.25, -0.2) is 53.1 Å². The molecule has 1 heterocycles. The Bertz CT molecular complexity index is 5150. The predicted molar refractivity (Wildman–Crippen MR) is 470 cm³/mol. The molecule has 2 amide bonds. The minimum Gasteiger partial charge on any atom is -0.486 e. The Morgan fingerprint density at radius 1 is 0.384 bits per heavy atom. The van der Waals surface area contributed by atoms with Crippen LogP contribution in [0.5, 0.6) is 17.2 Å². The van der Waals surface area contributed by atoms with Crippen LogP contribution in [0, 0.1) is 64.0 Å². The molecular weight excluding hydrogens is 1760 g/mol. The van der Waals surface area contributed by atoms with E-state index < -0.39 is 35.8 Å². The van der Waals surface area contributed by atoms with Crippen LogP contribution in [0.15, 0.2) is 297 Å². The second-order valence-corrected chi connectivity index (χ2v) is 29.4. The van der Waals surface area contributed by atoms with Crippen molar-refractivity contribution in [3.8, 4) is 17.2 Å². The van der Waals surface area contributed by atoms with Gasteiger partial charge in [-0.2, -0.15) is 0 Å². The van der Waals surface area contributed by atoms with Crippen molar-refractivity contribution in [1.82, 2.24) is 4.90 Å². The lowest BCUT2D eigenvalue weighted by molar-refractivity contribution is -0.137. The number of fused-ring (bicyclic) bond motifs is 1. The molecule has 4 unspecified atom stereocenters. The maximum Gasteiger partial charge on any atom is 0.328 e. The number of hydrogen-bond donors (Lipinski definition) is 4. The van der Waals surface area contributed by atoms with Crippen LogP contribution in [0.25, 0.3) is 6.08 Å². The number of rotatable bonds is 30. The third-order valence-electron chi connectivity index (χ3n) is 17.5. The van der Waals surface area contributed by atoms with E-state index in [0.717, 1.165) is 58.9 Å². The summed E-state index contributed by atoms with van der Waals surface area (Å²) in [5, 5.41) is 25.1. The number of aryl methyl sites for hydroxylation is 3. The first-order chi connectivity index (χ1) is 60.1. The molecule has 125 heavy (non-hydrogen) atoms. The highest BCUT2D eigenvalue weighted by Crippen LogP contribution is 2.32. The molecule has 12 nitrogen and oxygen atoms in total. The number of aliphatic carboxylic acids is 2. The molecule has 12 aromatic carbocycles. The number of nitrogens with two attached hydrogens (primary N) is 1. The summed E-state index contributed by atoms with van der Waals surface area (Å²) in [5.41, 5.74) is 12.3. The van der Waals surface area contributed by atoms with Gasteiger partial charge in [-0.15, -0.1) is 34.8 Å². The minimum atomic E-state index is -1.04. The Kier molecular flexibility index (Phi) is 46.6. The molecule has 4 atom stereocenters. The normalized spacial score (nSPS) is 11.9. The molecule has 0 aromatic heterocycles. The molecular formula is C98H91BrCl3F11N2O10. The van der Waals surface area contributed by atoms with E-state index in [1.54, 1.807) is 133 Å². The number of carbonyl (C=O) groups excluding carboxylic acids is 2. The molecule has 1 aliphatic rings. The van der Waals surface area contributed by atoms with Gasteiger partial charge in [0.25, 0.3) is 11.8 Å². The Balaban J connectivity index is 0.000000227. The second-order valence-electron chi connectivity index (χ2n) is 27.1. The molecule has 658 valence electrons. The van der Waals surface area contributed by atoms with E-state index in [1.807, 2.05) is 18.2 Å². The number of imide groups is 1. The van der Waals surface area contributed by atoms with E-state index in [4.69, 9.17) is 70.1 Å². The molecule has 0 spiro atoms. The number of nitrogens with zero attached hydrogens (tertiary/aromatic N) is 1. The van der Waals surface area contributed by atoms with Crippen LogP contribution in [0.2, 0.25) is 0 Å². The summed E-state index contributed by atoms with van der Waals surface area (Å²) in [5.74, 6) is -3.54. The van der Waals surface area contributed by atoms with Gasteiger partial charge in [0.2, 0.25) is 0 Å². The van der Waals surface area contributed by atoms with Gasteiger partial charge < -0.3 is 35.3 Å². The topological polar surface area (TPSA) is 186 Å². The van der Waals surface area contributed by atoms with Crippen molar-refractivity contribution in [3.63, 3.8) is 0 Å². The van der Waals surface area contributed by atoms with Crippen LogP contribution in [-0.2, 0) is 28.9 Å². The van der Waals surface area contributed by atoms with E-state index >= 15 is 0 Å². The quantitative estimate of drug-likeness (QED) is 0.0145. The number of carboxylic acid groups (broad SMARTS) is 2. The Morgan fingerprint density at radius 2 is 0.720 bits per heavy atom.